The van der Waals surface area contributed by atoms with Gasteiger partial charge in [-0.2, -0.15) is 18.2 Å². The zero-order chi connectivity index (χ0) is 23.2. The number of hydrogen-bond donors (Lipinski definition) is 3. The van der Waals surface area contributed by atoms with E-state index in [0.717, 1.165) is 18.9 Å². The lowest BCUT2D eigenvalue weighted by molar-refractivity contribution is -0.141. The molecule has 32 heavy (non-hydrogen) atoms. The molecule has 8 nitrogen and oxygen atoms in total. The first-order chi connectivity index (χ1) is 15.0. The molecule has 3 N–H and O–H groups in total. The molecule has 172 valence electrons. The highest BCUT2D eigenvalue weighted by molar-refractivity contribution is 6.03. The number of nitrogens with one attached hydrogen (secondary N) is 3. The van der Waals surface area contributed by atoms with Crippen molar-refractivity contribution in [3.8, 4) is 0 Å². The second-order valence-corrected chi connectivity index (χ2v) is 8.70. The summed E-state index contributed by atoms with van der Waals surface area (Å²) >= 11 is 0. The minimum Gasteiger partial charge on any atom is -0.381 e. The molecular weight excluding hydrogens is 423 g/mol. The highest BCUT2D eigenvalue weighted by atomic mass is 19.4. The molecule has 0 aromatic carbocycles. The first kappa shape index (κ1) is 22.1. The van der Waals surface area contributed by atoms with E-state index in [1.807, 2.05) is 32.7 Å². The number of likely N-dealkylation sites (N-methyl/N-ethyl adjacent to an activating group) is 1. The van der Waals surface area contributed by atoms with Gasteiger partial charge in [-0.1, -0.05) is 13.8 Å². The summed E-state index contributed by atoms with van der Waals surface area (Å²) in [6.07, 6.45) is -1.71. The number of pyridine rings is 1. The number of hydrogen-bond acceptors (Lipinski definition) is 7. The molecular formula is C21H26F3N7O. The van der Waals surface area contributed by atoms with E-state index in [9.17, 15) is 18.0 Å². The third-order valence-corrected chi connectivity index (χ3v) is 5.87. The molecule has 4 rings (SSSR count). The van der Waals surface area contributed by atoms with Gasteiger partial charge in [0.1, 0.15) is 17.4 Å². The molecule has 0 spiro atoms. The van der Waals surface area contributed by atoms with Gasteiger partial charge in [-0.15, -0.1) is 0 Å². The maximum atomic E-state index is 12.6. The summed E-state index contributed by atoms with van der Waals surface area (Å²) < 4.78 is 37.9. The largest absolute Gasteiger partial charge is 0.433 e. The van der Waals surface area contributed by atoms with E-state index in [4.69, 9.17) is 0 Å². The van der Waals surface area contributed by atoms with Crippen LogP contribution in [0.5, 0.6) is 0 Å². The molecule has 1 fully saturated rings. The predicted molar refractivity (Wildman–Crippen MR) is 116 cm³/mol. The number of aryl methyl sites for hydroxylation is 1. The number of fused-ring (bicyclic) bond motifs is 1. The van der Waals surface area contributed by atoms with Crippen molar-refractivity contribution >= 4 is 29.0 Å². The number of rotatable bonds is 5. The Labute approximate surface area is 184 Å². The van der Waals surface area contributed by atoms with Crippen LogP contribution in [0.2, 0.25) is 0 Å². The molecule has 0 radical (unpaired) electrons. The molecule has 1 amide bonds. The van der Waals surface area contributed by atoms with Gasteiger partial charge in [0.2, 0.25) is 11.9 Å². The van der Waals surface area contributed by atoms with Gasteiger partial charge < -0.3 is 20.9 Å². The van der Waals surface area contributed by atoms with Crippen molar-refractivity contribution < 1.29 is 18.0 Å². The van der Waals surface area contributed by atoms with E-state index >= 15 is 0 Å². The van der Waals surface area contributed by atoms with Gasteiger partial charge in [0.15, 0.2) is 5.82 Å². The summed E-state index contributed by atoms with van der Waals surface area (Å²) in [7, 11) is 1.86. The van der Waals surface area contributed by atoms with Gasteiger partial charge in [-0.3, -0.25) is 4.79 Å². The average molecular weight is 449 g/mol. The SMILES string of the molecule is Cc1nc(N[C@H]2C[C@H](Nc3ccc(C(F)(F)F)nc3)C2)nc2c1NC(=O)[C@H](C(C)C)N2C. The quantitative estimate of drug-likeness (QED) is 0.641. The number of alkyl halides is 3. The highest BCUT2D eigenvalue weighted by Crippen LogP contribution is 2.35. The molecule has 11 heteroatoms. The Morgan fingerprint density at radius 1 is 1.16 bits per heavy atom. The lowest BCUT2D eigenvalue weighted by atomic mass is 9.86. The lowest BCUT2D eigenvalue weighted by Gasteiger charge is -2.38. The molecule has 1 saturated carbocycles. The fourth-order valence-electron chi connectivity index (χ4n) is 4.20. The van der Waals surface area contributed by atoms with Crippen LogP contribution in [0.3, 0.4) is 0 Å². The van der Waals surface area contributed by atoms with Crippen LogP contribution < -0.4 is 20.9 Å². The first-order valence-corrected chi connectivity index (χ1v) is 10.5. The lowest BCUT2D eigenvalue weighted by Crippen LogP contribution is -2.50. The van der Waals surface area contributed by atoms with Crippen molar-refractivity contribution in [2.75, 3.05) is 27.9 Å². The Morgan fingerprint density at radius 2 is 1.84 bits per heavy atom. The number of nitrogens with zero attached hydrogens (tertiary/aromatic N) is 4. The number of amides is 1. The smallest absolute Gasteiger partial charge is 0.381 e. The number of anilines is 4. The number of halogens is 3. The van der Waals surface area contributed by atoms with Crippen LogP contribution in [0.4, 0.5) is 36.3 Å². The number of carbonyl (C=O) groups excluding carboxylic acids is 1. The average Bonchev–Trinajstić information content (AvgIpc) is 2.67. The zero-order valence-corrected chi connectivity index (χ0v) is 18.3. The van der Waals surface area contributed by atoms with Crippen LogP contribution in [0, 0.1) is 12.8 Å². The number of carbonyl (C=O) groups is 1. The molecule has 1 aliphatic carbocycles. The van der Waals surface area contributed by atoms with Crippen LogP contribution in [-0.4, -0.2) is 46.0 Å². The van der Waals surface area contributed by atoms with Crippen molar-refractivity contribution in [1.82, 2.24) is 15.0 Å². The van der Waals surface area contributed by atoms with E-state index in [2.05, 4.69) is 30.9 Å². The maximum Gasteiger partial charge on any atom is 0.433 e. The number of aromatic nitrogens is 3. The van der Waals surface area contributed by atoms with Gasteiger partial charge in [0, 0.05) is 19.1 Å². The molecule has 0 unspecified atom stereocenters. The van der Waals surface area contributed by atoms with Gasteiger partial charge in [-0.05, 0) is 37.8 Å². The molecule has 2 aliphatic rings. The molecule has 0 bridgehead atoms. The van der Waals surface area contributed by atoms with Crippen LogP contribution in [0.1, 0.15) is 38.1 Å². The standard InChI is InChI=1S/C21H26F3N7O/c1-10(2)17-19(32)29-16-11(3)26-20(30-18(16)31(17)4)28-14-7-13(8-14)27-12-5-6-15(25-9-12)21(22,23)24/h5-6,9-10,13-14,17,27H,7-8H2,1-4H3,(H,29,32)(H,26,28,30)/t13-,14-,17-/m0/s1. The Bertz CT molecular complexity index is 1000. The predicted octanol–water partition coefficient (Wildman–Crippen LogP) is 3.67. The monoisotopic (exact) mass is 449 g/mol. The third kappa shape index (κ3) is 4.28. The van der Waals surface area contributed by atoms with Crippen molar-refractivity contribution in [3.05, 3.63) is 29.7 Å². The molecule has 0 saturated heterocycles. The van der Waals surface area contributed by atoms with Crippen LogP contribution in [0.15, 0.2) is 18.3 Å². The van der Waals surface area contributed by atoms with Crippen molar-refractivity contribution in [2.24, 2.45) is 5.92 Å². The second-order valence-electron chi connectivity index (χ2n) is 8.70. The van der Waals surface area contributed by atoms with Crippen LogP contribution >= 0.6 is 0 Å². The fourth-order valence-corrected chi connectivity index (χ4v) is 4.20. The highest BCUT2D eigenvalue weighted by Gasteiger charge is 2.36. The first-order valence-electron chi connectivity index (χ1n) is 10.5. The summed E-state index contributed by atoms with van der Waals surface area (Å²) in [6.45, 7) is 5.82. The van der Waals surface area contributed by atoms with Gasteiger partial charge in [0.25, 0.3) is 0 Å². The normalized spacial score (nSPS) is 22.8. The van der Waals surface area contributed by atoms with E-state index in [1.54, 1.807) is 0 Å². The van der Waals surface area contributed by atoms with Gasteiger partial charge in [0.05, 0.1) is 17.6 Å². The van der Waals surface area contributed by atoms with Crippen molar-refractivity contribution in [3.63, 3.8) is 0 Å². The third-order valence-electron chi connectivity index (χ3n) is 5.87. The van der Waals surface area contributed by atoms with E-state index in [1.165, 1.54) is 12.3 Å². The summed E-state index contributed by atoms with van der Waals surface area (Å²) in [4.78, 5) is 26.9. The molecule has 3 heterocycles. The minimum absolute atomic E-state index is 0.0620. The topological polar surface area (TPSA) is 95.1 Å². The van der Waals surface area contributed by atoms with Crippen LogP contribution in [0.25, 0.3) is 0 Å². The Hall–Kier alpha value is -3.11. The zero-order valence-electron chi connectivity index (χ0n) is 18.3. The van der Waals surface area contributed by atoms with Gasteiger partial charge in [-0.25, -0.2) is 9.97 Å². The van der Waals surface area contributed by atoms with Crippen molar-refractivity contribution in [2.45, 2.75) is 57.9 Å². The van der Waals surface area contributed by atoms with Crippen molar-refractivity contribution in [1.29, 1.82) is 0 Å². The van der Waals surface area contributed by atoms with E-state index in [0.29, 0.717) is 28.8 Å². The Morgan fingerprint density at radius 3 is 2.44 bits per heavy atom. The summed E-state index contributed by atoms with van der Waals surface area (Å²) in [5, 5.41) is 9.45. The van der Waals surface area contributed by atoms with Crippen LogP contribution in [-0.2, 0) is 11.0 Å². The minimum atomic E-state index is -4.44. The molecule has 1 atom stereocenters. The van der Waals surface area contributed by atoms with Gasteiger partial charge >= 0.3 is 6.18 Å². The van der Waals surface area contributed by atoms with E-state index < -0.39 is 11.9 Å². The maximum absolute atomic E-state index is 12.6. The second kappa shape index (κ2) is 8.10. The summed E-state index contributed by atoms with van der Waals surface area (Å²) in [6, 6.07) is 2.31. The Balaban J connectivity index is 1.37. The molecule has 2 aromatic rings. The van der Waals surface area contributed by atoms with E-state index in [-0.39, 0.29) is 30.0 Å². The summed E-state index contributed by atoms with van der Waals surface area (Å²) in [5.74, 6) is 1.24. The summed E-state index contributed by atoms with van der Waals surface area (Å²) in [5.41, 5.74) is 0.962. The molecule has 1 aliphatic heterocycles. The molecule has 2 aromatic heterocycles. The fraction of sp³-hybridized carbons (Fsp3) is 0.524. The Kier molecular flexibility index (Phi) is 5.59.